The number of amides is 1. The van der Waals surface area contributed by atoms with Crippen LogP contribution < -0.4 is 5.73 Å². The van der Waals surface area contributed by atoms with Crippen LogP contribution in [-0.4, -0.2) is 35.0 Å². The molecule has 1 aromatic heterocycles. The van der Waals surface area contributed by atoms with Gasteiger partial charge in [0.2, 0.25) is 0 Å². The Kier molecular flexibility index (Phi) is 4.76. The van der Waals surface area contributed by atoms with Gasteiger partial charge in [-0.3, -0.25) is 4.79 Å². The van der Waals surface area contributed by atoms with Crippen LogP contribution >= 0.6 is 11.6 Å². The molecule has 0 aliphatic carbocycles. The zero-order chi connectivity index (χ0) is 14.9. The number of halogens is 1. The van der Waals surface area contributed by atoms with Gasteiger partial charge in [-0.2, -0.15) is 0 Å². The van der Waals surface area contributed by atoms with Crippen molar-refractivity contribution < 1.29 is 4.79 Å². The topological polar surface area (TPSA) is 51.3 Å². The fourth-order valence-electron chi connectivity index (χ4n) is 2.85. The van der Waals surface area contributed by atoms with E-state index in [1.165, 1.54) is 0 Å². The van der Waals surface area contributed by atoms with Crippen LogP contribution in [0.3, 0.4) is 0 Å². The molecule has 1 amide bonds. The molecule has 20 heavy (non-hydrogen) atoms. The molecular weight excluding hydrogens is 274 g/mol. The molecule has 0 saturated carbocycles. The van der Waals surface area contributed by atoms with Crippen LogP contribution in [0.15, 0.2) is 12.3 Å². The predicted octanol–water partition coefficient (Wildman–Crippen LogP) is 2.78. The van der Waals surface area contributed by atoms with Gasteiger partial charge < -0.3 is 15.2 Å². The van der Waals surface area contributed by atoms with E-state index in [9.17, 15) is 4.79 Å². The quantitative estimate of drug-likeness (QED) is 0.932. The molecule has 1 fully saturated rings. The summed E-state index contributed by atoms with van der Waals surface area (Å²) in [4.78, 5) is 14.6. The summed E-state index contributed by atoms with van der Waals surface area (Å²) in [5.74, 6) is 1.05. The maximum Gasteiger partial charge on any atom is 0.270 e. The first-order valence-electron chi connectivity index (χ1n) is 7.30. The van der Waals surface area contributed by atoms with Crippen molar-refractivity contribution in [3.8, 4) is 0 Å². The first-order valence-corrected chi connectivity index (χ1v) is 7.68. The van der Waals surface area contributed by atoms with E-state index in [2.05, 4.69) is 6.92 Å². The van der Waals surface area contributed by atoms with Gasteiger partial charge in [0.25, 0.3) is 5.91 Å². The number of likely N-dealkylation sites (tertiary alicyclic amines) is 1. The van der Waals surface area contributed by atoms with Crippen LogP contribution in [0.1, 0.15) is 43.7 Å². The number of rotatable bonds is 3. The highest BCUT2D eigenvalue weighted by Crippen LogP contribution is 2.26. The van der Waals surface area contributed by atoms with Crippen LogP contribution in [0.2, 0.25) is 5.02 Å². The number of aromatic nitrogens is 1. The molecule has 2 unspecified atom stereocenters. The summed E-state index contributed by atoms with van der Waals surface area (Å²) in [6.45, 7) is 8.50. The zero-order valence-corrected chi connectivity index (χ0v) is 13.2. The van der Waals surface area contributed by atoms with E-state index >= 15 is 0 Å². The molecule has 112 valence electrons. The van der Waals surface area contributed by atoms with Crippen molar-refractivity contribution >= 4 is 17.5 Å². The average molecular weight is 298 g/mol. The van der Waals surface area contributed by atoms with E-state index < -0.39 is 0 Å². The maximum absolute atomic E-state index is 12.7. The lowest BCUT2D eigenvalue weighted by molar-refractivity contribution is 0.0606. The minimum atomic E-state index is 0.0657. The van der Waals surface area contributed by atoms with Crippen molar-refractivity contribution in [3.05, 3.63) is 23.0 Å². The summed E-state index contributed by atoms with van der Waals surface area (Å²) in [6.07, 6.45) is 2.84. The number of nitrogens with zero attached hydrogens (tertiary/aromatic N) is 2. The fourth-order valence-corrected chi connectivity index (χ4v) is 3.06. The first kappa shape index (κ1) is 15.4. The smallest absolute Gasteiger partial charge is 0.270 e. The largest absolute Gasteiger partial charge is 0.339 e. The molecule has 0 radical (unpaired) electrons. The van der Waals surface area contributed by atoms with Gasteiger partial charge >= 0.3 is 0 Å². The van der Waals surface area contributed by atoms with Crippen LogP contribution in [0.5, 0.6) is 0 Å². The third-order valence-electron chi connectivity index (χ3n) is 4.29. The van der Waals surface area contributed by atoms with E-state index in [1.807, 2.05) is 29.5 Å². The molecule has 1 aromatic rings. The SMILES string of the molecule is CC1CCN(C(=O)c2cc(Cl)cn2C(C)C)CC1CN. The molecular formula is C15H24ClN3O. The molecule has 1 saturated heterocycles. The molecule has 0 spiro atoms. The molecule has 2 heterocycles. The summed E-state index contributed by atoms with van der Waals surface area (Å²) in [7, 11) is 0. The first-order chi connectivity index (χ1) is 9.43. The van der Waals surface area contributed by atoms with Gasteiger partial charge in [0.1, 0.15) is 5.69 Å². The van der Waals surface area contributed by atoms with E-state index in [0.717, 1.165) is 19.5 Å². The highest BCUT2D eigenvalue weighted by Gasteiger charge is 2.30. The number of carbonyl (C=O) groups is 1. The predicted molar refractivity (Wildman–Crippen MR) is 82.1 cm³/mol. The van der Waals surface area contributed by atoms with E-state index in [4.69, 9.17) is 17.3 Å². The Morgan fingerprint density at radius 1 is 1.55 bits per heavy atom. The lowest BCUT2D eigenvalue weighted by atomic mass is 9.87. The molecule has 5 heteroatoms. The van der Waals surface area contributed by atoms with Gasteiger partial charge in [0.15, 0.2) is 0 Å². The minimum absolute atomic E-state index is 0.0657. The normalized spacial score (nSPS) is 23.4. The second-order valence-corrected chi connectivity index (χ2v) is 6.49. The monoisotopic (exact) mass is 297 g/mol. The third-order valence-corrected chi connectivity index (χ3v) is 4.50. The molecule has 1 aliphatic heterocycles. The van der Waals surface area contributed by atoms with Gasteiger partial charge in [-0.15, -0.1) is 0 Å². The van der Waals surface area contributed by atoms with Crippen LogP contribution in [0, 0.1) is 11.8 Å². The lowest BCUT2D eigenvalue weighted by Crippen LogP contribution is -2.46. The molecule has 0 bridgehead atoms. The van der Waals surface area contributed by atoms with Gasteiger partial charge in [-0.25, -0.2) is 0 Å². The van der Waals surface area contributed by atoms with Crippen LogP contribution in [0.4, 0.5) is 0 Å². The van der Waals surface area contributed by atoms with Gasteiger partial charge in [-0.1, -0.05) is 18.5 Å². The second-order valence-electron chi connectivity index (χ2n) is 6.06. The summed E-state index contributed by atoms with van der Waals surface area (Å²) < 4.78 is 1.94. The Morgan fingerprint density at radius 3 is 2.85 bits per heavy atom. The Balaban J connectivity index is 2.19. The van der Waals surface area contributed by atoms with E-state index in [0.29, 0.717) is 29.1 Å². The molecule has 0 aromatic carbocycles. The van der Waals surface area contributed by atoms with Crippen molar-refractivity contribution in [2.24, 2.45) is 17.6 Å². The number of hydrogen-bond acceptors (Lipinski definition) is 2. The van der Waals surface area contributed by atoms with E-state index in [1.54, 1.807) is 6.07 Å². The average Bonchev–Trinajstić information content (AvgIpc) is 2.81. The Labute approximate surface area is 125 Å². The van der Waals surface area contributed by atoms with Crippen molar-refractivity contribution in [2.45, 2.75) is 33.2 Å². The zero-order valence-electron chi connectivity index (χ0n) is 12.5. The van der Waals surface area contributed by atoms with Gasteiger partial charge in [0, 0.05) is 25.3 Å². The second kappa shape index (κ2) is 6.19. The van der Waals surface area contributed by atoms with Crippen molar-refractivity contribution in [3.63, 3.8) is 0 Å². The summed E-state index contributed by atoms with van der Waals surface area (Å²) in [5.41, 5.74) is 6.49. The van der Waals surface area contributed by atoms with Crippen LogP contribution in [0.25, 0.3) is 0 Å². The summed E-state index contributed by atoms with van der Waals surface area (Å²) in [6, 6.07) is 1.98. The Bertz CT molecular complexity index is 483. The summed E-state index contributed by atoms with van der Waals surface area (Å²) in [5, 5.41) is 0.614. The minimum Gasteiger partial charge on any atom is -0.339 e. The molecule has 2 N–H and O–H groups in total. The summed E-state index contributed by atoms with van der Waals surface area (Å²) >= 11 is 6.06. The number of piperidine rings is 1. The number of nitrogens with two attached hydrogens (primary N) is 1. The maximum atomic E-state index is 12.7. The van der Waals surface area contributed by atoms with Crippen molar-refractivity contribution in [1.29, 1.82) is 0 Å². The standard InChI is InChI=1S/C15H24ClN3O/c1-10(2)19-9-13(16)6-14(19)15(20)18-5-4-11(3)12(7-17)8-18/h6,9-12H,4-5,7-8,17H2,1-3H3. The molecule has 4 nitrogen and oxygen atoms in total. The molecule has 2 rings (SSSR count). The highest BCUT2D eigenvalue weighted by molar-refractivity contribution is 6.31. The van der Waals surface area contributed by atoms with Crippen molar-refractivity contribution in [1.82, 2.24) is 9.47 Å². The highest BCUT2D eigenvalue weighted by atomic mass is 35.5. The van der Waals surface area contributed by atoms with Crippen LogP contribution in [-0.2, 0) is 0 Å². The number of carbonyl (C=O) groups excluding carboxylic acids is 1. The Morgan fingerprint density at radius 2 is 2.25 bits per heavy atom. The lowest BCUT2D eigenvalue weighted by Gasteiger charge is -2.36. The number of hydrogen-bond donors (Lipinski definition) is 1. The fraction of sp³-hybridized carbons (Fsp3) is 0.667. The molecule has 2 atom stereocenters. The Hall–Kier alpha value is -1.00. The van der Waals surface area contributed by atoms with Gasteiger partial charge in [-0.05, 0) is 44.7 Å². The van der Waals surface area contributed by atoms with Crippen molar-refractivity contribution in [2.75, 3.05) is 19.6 Å². The van der Waals surface area contributed by atoms with E-state index in [-0.39, 0.29) is 11.9 Å². The molecule has 1 aliphatic rings. The third kappa shape index (κ3) is 3.01. The van der Waals surface area contributed by atoms with Gasteiger partial charge in [0.05, 0.1) is 5.02 Å².